The molecule has 0 bridgehead atoms. The van der Waals surface area contributed by atoms with Gasteiger partial charge in [0.05, 0.1) is 0 Å². The number of thiocarbonyl (C=S) groups is 1. The number of rotatable bonds is 4. The maximum atomic E-state index is 11.9. The summed E-state index contributed by atoms with van der Waals surface area (Å²) >= 11 is 11.3. The molecule has 0 unspecified atom stereocenters. The lowest BCUT2D eigenvalue weighted by Gasteiger charge is -2.14. The zero-order chi connectivity index (χ0) is 19.6. The first-order valence-electron chi connectivity index (χ1n) is 8.60. The van der Waals surface area contributed by atoms with E-state index in [1.165, 1.54) is 0 Å². The quantitative estimate of drug-likeness (QED) is 0.579. The van der Waals surface area contributed by atoms with Gasteiger partial charge in [-0.25, -0.2) is 4.98 Å². The van der Waals surface area contributed by atoms with Crippen molar-refractivity contribution in [3.8, 4) is 11.5 Å². The smallest absolute Gasteiger partial charge is 0.227 e. The number of carbonyl (C=O) groups excluding carboxylic acids is 1. The highest BCUT2D eigenvalue weighted by atomic mass is 35.5. The molecule has 7 heteroatoms. The van der Waals surface area contributed by atoms with Gasteiger partial charge in [-0.2, -0.15) is 0 Å². The van der Waals surface area contributed by atoms with Gasteiger partial charge in [0.2, 0.25) is 11.8 Å². The molecule has 0 aliphatic heterocycles. The molecule has 3 aromatic rings. The zero-order valence-corrected chi connectivity index (χ0v) is 16.9. The van der Waals surface area contributed by atoms with Crippen LogP contribution < -0.4 is 10.6 Å². The Bertz CT molecular complexity index is 1010. The van der Waals surface area contributed by atoms with E-state index in [1.54, 1.807) is 18.2 Å². The number of benzene rings is 2. The summed E-state index contributed by atoms with van der Waals surface area (Å²) in [6.45, 7) is 5.91. The van der Waals surface area contributed by atoms with E-state index in [1.807, 2.05) is 39.0 Å². The van der Waals surface area contributed by atoms with Crippen molar-refractivity contribution >= 4 is 51.6 Å². The molecule has 0 spiro atoms. The first-order chi connectivity index (χ1) is 12.8. The topological polar surface area (TPSA) is 67.2 Å². The molecule has 27 heavy (non-hydrogen) atoms. The van der Waals surface area contributed by atoms with Gasteiger partial charge in [0.1, 0.15) is 5.52 Å². The third-order valence-corrected chi connectivity index (χ3v) is 4.45. The number of anilines is 1. The van der Waals surface area contributed by atoms with Gasteiger partial charge in [-0.1, -0.05) is 31.5 Å². The molecule has 1 heterocycles. The minimum absolute atomic E-state index is 0.105. The third kappa shape index (κ3) is 4.64. The molecule has 3 rings (SSSR count). The fourth-order valence-corrected chi connectivity index (χ4v) is 3.11. The summed E-state index contributed by atoms with van der Waals surface area (Å²) in [4.78, 5) is 16.4. The molecule has 2 N–H and O–H groups in total. The Hall–Kier alpha value is -2.44. The second-order valence-electron chi connectivity index (χ2n) is 6.71. The molecule has 0 radical (unpaired) electrons. The summed E-state index contributed by atoms with van der Waals surface area (Å²) < 4.78 is 5.86. The molecular formula is C20H20ClN3O2S. The molecule has 2 aromatic carbocycles. The number of carbonyl (C=O) groups is 1. The van der Waals surface area contributed by atoms with Crippen LogP contribution >= 0.6 is 23.8 Å². The van der Waals surface area contributed by atoms with Crippen molar-refractivity contribution in [3.63, 3.8) is 0 Å². The molecule has 0 saturated heterocycles. The largest absolute Gasteiger partial charge is 0.436 e. The van der Waals surface area contributed by atoms with Crippen molar-refractivity contribution < 1.29 is 9.21 Å². The van der Waals surface area contributed by atoms with Crippen LogP contribution in [0.1, 0.15) is 25.8 Å². The van der Waals surface area contributed by atoms with Crippen molar-refractivity contribution in [3.05, 3.63) is 47.0 Å². The van der Waals surface area contributed by atoms with E-state index in [4.69, 9.17) is 28.2 Å². The van der Waals surface area contributed by atoms with E-state index in [0.29, 0.717) is 28.4 Å². The molecule has 140 valence electrons. The highest BCUT2D eigenvalue weighted by Gasteiger charge is 2.14. The second kappa shape index (κ2) is 8.06. The normalized spacial score (nSPS) is 11.0. The van der Waals surface area contributed by atoms with Crippen molar-refractivity contribution in [2.75, 3.05) is 5.32 Å². The summed E-state index contributed by atoms with van der Waals surface area (Å²) in [5, 5.41) is 6.65. The van der Waals surface area contributed by atoms with Gasteiger partial charge in [0.25, 0.3) is 0 Å². The van der Waals surface area contributed by atoms with Gasteiger partial charge in [-0.05, 0) is 61.0 Å². The van der Waals surface area contributed by atoms with Crippen molar-refractivity contribution in [2.45, 2.75) is 27.2 Å². The van der Waals surface area contributed by atoms with Crippen LogP contribution in [0.3, 0.4) is 0 Å². The fourth-order valence-electron chi connectivity index (χ4n) is 2.72. The van der Waals surface area contributed by atoms with Gasteiger partial charge < -0.3 is 15.1 Å². The first-order valence-corrected chi connectivity index (χ1v) is 9.39. The molecule has 0 aliphatic rings. The molecule has 0 atom stereocenters. The van der Waals surface area contributed by atoms with E-state index in [0.717, 1.165) is 16.8 Å². The maximum absolute atomic E-state index is 11.9. The predicted octanol–water partition coefficient (Wildman–Crippen LogP) is 5.32. The Labute approximate surface area is 168 Å². The Balaban J connectivity index is 1.83. The van der Waals surface area contributed by atoms with E-state index in [2.05, 4.69) is 15.6 Å². The predicted molar refractivity (Wildman–Crippen MR) is 113 cm³/mol. The number of hydrogen-bond donors (Lipinski definition) is 2. The van der Waals surface area contributed by atoms with Crippen LogP contribution in [0.15, 0.2) is 40.8 Å². The number of oxazole rings is 1. The van der Waals surface area contributed by atoms with Gasteiger partial charge in [-0.3, -0.25) is 4.79 Å². The van der Waals surface area contributed by atoms with Crippen LogP contribution in [0.2, 0.25) is 5.02 Å². The highest BCUT2D eigenvalue weighted by molar-refractivity contribution is 7.80. The Morgan fingerprint density at radius 2 is 2.07 bits per heavy atom. The van der Waals surface area contributed by atoms with Gasteiger partial charge in [0.15, 0.2) is 10.7 Å². The van der Waals surface area contributed by atoms with Gasteiger partial charge in [0, 0.05) is 22.7 Å². The lowest BCUT2D eigenvalue weighted by Crippen LogP contribution is -2.34. The monoisotopic (exact) mass is 401 g/mol. The summed E-state index contributed by atoms with van der Waals surface area (Å²) in [5.41, 5.74) is 3.90. The average molecular weight is 402 g/mol. The molecule has 0 fully saturated rings. The molecule has 0 aliphatic carbocycles. The van der Waals surface area contributed by atoms with Crippen molar-refractivity contribution in [1.29, 1.82) is 0 Å². The van der Waals surface area contributed by atoms with Crippen LogP contribution in [-0.4, -0.2) is 16.0 Å². The van der Waals surface area contributed by atoms with Crippen LogP contribution in [0, 0.1) is 12.8 Å². The van der Waals surface area contributed by atoms with E-state index >= 15 is 0 Å². The summed E-state index contributed by atoms with van der Waals surface area (Å²) in [6, 6.07) is 11.0. The van der Waals surface area contributed by atoms with E-state index in [-0.39, 0.29) is 16.9 Å². The zero-order valence-electron chi connectivity index (χ0n) is 15.3. The Kier molecular flexibility index (Phi) is 5.77. The Morgan fingerprint density at radius 3 is 2.81 bits per heavy atom. The SMILES string of the molecule is Cc1c(NC(=S)NC(=O)CC(C)C)cccc1-c1nc2cc(Cl)ccc2o1. The number of amides is 1. The van der Waals surface area contributed by atoms with Crippen molar-refractivity contribution in [2.24, 2.45) is 5.92 Å². The first kappa shape index (κ1) is 19.3. The number of nitrogens with one attached hydrogen (secondary N) is 2. The fraction of sp³-hybridized carbons (Fsp3) is 0.250. The lowest BCUT2D eigenvalue weighted by molar-refractivity contribution is -0.120. The molecule has 1 aromatic heterocycles. The Morgan fingerprint density at radius 1 is 1.30 bits per heavy atom. The maximum Gasteiger partial charge on any atom is 0.227 e. The third-order valence-electron chi connectivity index (χ3n) is 4.01. The molecule has 1 amide bonds. The number of nitrogens with zero attached hydrogens (tertiary/aromatic N) is 1. The average Bonchev–Trinajstić information content (AvgIpc) is 2.98. The van der Waals surface area contributed by atoms with Gasteiger partial charge in [-0.15, -0.1) is 0 Å². The van der Waals surface area contributed by atoms with E-state index in [9.17, 15) is 4.79 Å². The summed E-state index contributed by atoms with van der Waals surface area (Å²) in [6.07, 6.45) is 0.423. The molecular weight excluding hydrogens is 382 g/mol. The number of halogens is 1. The van der Waals surface area contributed by atoms with Crippen LogP contribution in [0.4, 0.5) is 5.69 Å². The van der Waals surface area contributed by atoms with E-state index < -0.39 is 0 Å². The van der Waals surface area contributed by atoms with Crippen LogP contribution in [-0.2, 0) is 4.79 Å². The summed E-state index contributed by atoms with van der Waals surface area (Å²) in [7, 11) is 0. The molecule has 0 saturated carbocycles. The van der Waals surface area contributed by atoms with Crippen molar-refractivity contribution in [1.82, 2.24) is 10.3 Å². The van der Waals surface area contributed by atoms with Crippen LogP contribution in [0.5, 0.6) is 0 Å². The second-order valence-corrected chi connectivity index (χ2v) is 7.55. The molecule has 5 nitrogen and oxygen atoms in total. The lowest BCUT2D eigenvalue weighted by atomic mass is 10.1. The number of aromatic nitrogens is 1. The van der Waals surface area contributed by atoms with Gasteiger partial charge >= 0.3 is 0 Å². The number of hydrogen-bond acceptors (Lipinski definition) is 4. The number of fused-ring (bicyclic) bond motifs is 1. The summed E-state index contributed by atoms with van der Waals surface area (Å²) in [5.74, 6) is 0.667. The highest BCUT2D eigenvalue weighted by Crippen LogP contribution is 2.31. The minimum atomic E-state index is -0.105. The van der Waals surface area contributed by atoms with Crippen LogP contribution in [0.25, 0.3) is 22.6 Å². The standard InChI is InChI=1S/C20H20ClN3O2S/c1-11(2)9-18(25)24-20(27)23-15-6-4-5-14(12(15)3)19-22-16-10-13(21)7-8-17(16)26-19/h4-8,10-11H,9H2,1-3H3,(H2,23,24,25,27). The minimum Gasteiger partial charge on any atom is -0.436 e.